The first-order chi connectivity index (χ1) is 10.3. The van der Waals surface area contributed by atoms with Crippen LogP contribution in [0.25, 0.3) is 5.52 Å². The van der Waals surface area contributed by atoms with Gasteiger partial charge in [0.2, 0.25) is 0 Å². The van der Waals surface area contributed by atoms with Crippen LogP contribution in [0.15, 0.2) is 18.5 Å². The molecule has 6 nitrogen and oxygen atoms in total. The van der Waals surface area contributed by atoms with E-state index in [1.165, 1.54) is 19.4 Å². The number of ether oxygens (including phenoxy) is 1. The minimum Gasteiger partial charge on any atom is -0.373 e. The molecule has 0 saturated carbocycles. The summed E-state index contributed by atoms with van der Waals surface area (Å²) in [6.07, 6.45) is 6.49. The number of morpholine rings is 1. The summed E-state index contributed by atoms with van der Waals surface area (Å²) in [4.78, 5) is 6.99. The van der Waals surface area contributed by atoms with E-state index in [-0.39, 0.29) is 6.10 Å². The van der Waals surface area contributed by atoms with E-state index in [4.69, 9.17) is 4.74 Å². The van der Waals surface area contributed by atoms with Gasteiger partial charge in [0.25, 0.3) is 0 Å². The molecule has 0 radical (unpaired) electrons. The quantitative estimate of drug-likeness (QED) is 0.922. The van der Waals surface area contributed by atoms with Crippen molar-refractivity contribution < 1.29 is 4.74 Å². The molecule has 0 bridgehead atoms. The standard InChI is InChI=1S/C15H21N5O/c1-11-7-14-15(16-4-6-20(14)18-11)17-8-13-9-19-5-2-3-12(19)10-21-13/h4,6-7,12-13H,2-3,5,8-10H2,1H3,(H,16,17). The highest BCUT2D eigenvalue weighted by molar-refractivity contribution is 5.67. The van der Waals surface area contributed by atoms with Crippen molar-refractivity contribution >= 4 is 11.3 Å². The number of nitrogens with one attached hydrogen (secondary N) is 1. The normalized spacial score (nSPS) is 26.1. The first-order valence-corrected chi connectivity index (χ1v) is 7.70. The molecule has 4 heterocycles. The molecule has 4 rings (SSSR count). The van der Waals surface area contributed by atoms with Crippen molar-refractivity contribution in [2.75, 3.05) is 31.6 Å². The van der Waals surface area contributed by atoms with Crippen LogP contribution in [0.4, 0.5) is 5.82 Å². The third-order valence-corrected chi connectivity index (χ3v) is 4.47. The lowest BCUT2D eigenvalue weighted by Gasteiger charge is -2.35. The molecule has 0 aliphatic carbocycles. The molecule has 21 heavy (non-hydrogen) atoms. The van der Waals surface area contributed by atoms with Crippen LogP contribution in [0.5, 0.6) is 0 Å². The van der Waals surface area contributed by atoms with Gasteiger partial charge >= 0.3 is 0 Å². The lowest BCUT2D eigenvalue weighted by Crippen LogP contribution is -2.48. The van der Waals surface area contributed by atoms with E-state index < -0.39 is 0 Å². The summed E-state index contributed by atoms with van der Waals surface area (Å²) in [5.41, 5.74) is 2.02. The topological polar surface area (TPSA) is 54.7 Å². The maximum atomic E-state index is 5.98. The van der Waals surface area contributed by atoms with Gasteiger partial charge in [0.15, 0.2) is 5.82 Å². The SMILES string of the molecule is Cc1cc2c(NCC3CN4CCCC4CO3)nccn2n1. The maximum Gasteiger partial charge on any atom is 0.152 e. The highest BCUT2D eigenvalue weighted by Crippen LogP contribution is 2.23. The van der Waals surface area contributed by atoms with Crippen LogP contribution in [-0.2, 0) is 4.74 Å². The molecule has 0 aromatic carbocycles. The van der Waals surface area contributed by atoms with E-state index >= 15 is 0 Å². The fourth-order valence-electron chi connectivity index (χ4n) is 3.40. The largest absolute Gasteiger partial charge is 0.373 e. The van der Waals surface area contributed by atoms with E-state index in [1.54, 1.807) is 6.20 Å². The molecule has 2 fully saturated rings. The van der Waals surface area contributed by atoms with Gasteiger partial charge in [-0.3, -0.25) is 4.90 Å². The zero-order chi connectivity index (χ0) is 14.2. The average molecular weight is 287 g/mol. The number of rotatable bonds is 3. The molecule has 2 aromatic heterocycles. The van der Waals surface area contributed by atoms with Gasteiger partial charge in [-0.2, -0.15) is 5.10 Å². The Hall–Kier alpha value is -1.66. The van der Waals surface area contributed by atoms with Gasteiger partial charge in [-0.25, -0.2) is 9.50 Å². The molecule has 2 saturated heterocycles. The summed E-state index contributed by atoms with van der Waals surface area (Å²) < 4.78 is 7.84. The van der Waals surface area contributed by atoms with Crippen LogP contribution >= 0.6 is 0 Å². The smallest absolute Gasteiger partial charge is 0.152 e. The van der Waals surface area contributed by atoms with Crippen molar-refractivity contribution in [2.45, 2.75) is 31.9 Å². The van der Waals surface area contributed by atoms with Gasteiger partial charge in [-0.05, 0) is 32.4 Å². The highest BCUT2D eigenvalue weighted by Gasteiger charge is 2.32. The molecule has 6 heteroatoms. The molecule has 0 spiro atoms. The molecule has 2 aliphatic heterocycles. The molecule has 2 unspecified atom stereocenters. The summed E-state index contributed by atoms with van der Waals surface area (Å²) in [6.45, 7) is 5.91. The molecule has 112 valence electrons. The number of hydrogen-bond donors (Lipinski definition) is 1. The molecule has 2 atom stereocenters. The fourth-order valence-corrected chi connectivity index (χ4v) is 3.40. The van der Waals surface area contributed by atoms with Crippen molar-refractivity contribution in [2.24, 2.45) is 0 Å². The predicted molar refractivity (Wildman–Crippen MR) is 80.5 cm³/mol. The molecule has 2 aromatic rings. The minimum atomic E-state index is 0.241. The van der Waals surface area contributed by atoms with Gasteiger partial charge in [-0.15, -0.1) is 0 Å². The lowest BCUT2D eigenvalue weighted by molar-refractivity contribution is -0.0415. The van der Waals surface area contributed by atoms with Crippen molar-refractivity contribution in [3.63, 3.8) is 0 Å². The Morgan fingerprint density at radius 2 is 2.43 bits per heavy atom. The minimum absolute atomic E-state index is 0.241. The summed E-state index contributed by atoms with van der Waals surface area (Å²) in [5.74, 6) is 0.880. The second-order valence-electron chi connectivity index (χ2n) is 6.02. The summed E-state index contributed by atoms with van der Waals surface area (Å²) in [7, 11) is 0. The van der Waals surface area contributed by atoms with Crippen LogP contribution < -0.4 is 5.32 Å². The lowest BCUT2D eigenvalue weighted by atomic mass is 10.2. The summed E-state index contributed by atoms with van der Waals surface area (Å²) >= 11 is 0. The van der Waals surface area contributed by atoms with E-state index in [0.29, 0.717) is 6.04 Å². The molecule has 0 amide bonds. The second-order valence-corrected chi connectivity index (χ2v) is 6.02. The monoisotopic (exact) mass is 287 g/mol. The Morgan fingerprint density at radius 1 is 1.48 bits per heavy atom. The number of fused-ring (bicyclic) bond motifs is 2. The van der Waals surface area contributed by atoms with Crippen LogP contribution in [-0.4, -0.2) is 57.9 Å². The summed E-state index contributed by atoms with van der Waals surface area (Å²) in [6, 6.07) is 2.70. The zero-order valence-electron chi connectivity index (χ0n) is 12.3. The molecular formula is C15H21N5O. The van der Waals surface area contributed by atoms with Crippen molar-refractivity contribution in [1.82, 2.24) is 19.5 Å². The Bertz CT molecular complexity index is 640. The summed E-state index contributed by atoms with van der Waals surface area (Å²) in [5, 5.41) is 7.84. The highest BCUT2D eigenvalue weighted by atomic mass is 16.5. The van der Waals surface area contributed by atoms with E-state index in [2.05, 4.69) is 20.3 Å². The third-order valence-electron chi connectivity index (χ3n) is 4.47. The van der Waals surface area contributed by atoms with Crippen LogP contribution in [0.2, 0.25) is 0 Å². The van der Waals surface area contributed by atoms with E-state index in [0.717, 1.165) is 36.7 Å². The van der Waals surface area contributed by atoms with Crippen LogP contribution in [0.1, 0.15) is 18.5 Å². The molecular weight excluding hydrogens is 266 g/mol. The number of nitrogens with zero attached hydrogens (tertiary/aromatic N) is 4. The van der Waals surface area contributed by atoms with E-state index in [9.17, 15) is 0 Å². The zero-order valence-corrected chi connectivity index (χ0v) is 12.3. The molecule has 2 aliphatic rings. The number of anilines is 1. The first-order valence-electron chi connectivity index (χ1n) is 7.70. The van der Waals surface area contributed by atoms with Crippen LogP contribution in [0, 0.1) is 6.92 Å². The fraction of sp³-hybridized carbons (Fsp3) is 0.600. The number of aromatic nitrogens is 3. The van der Waals surface area contributed by atoms with Crippen molar-refractivity contribution in [3.05, 3.63) is 24.2 Å². The Balaban J connectivity index is 1.44. The van der Waals surface area contributed by atoms with Gasteiger partial charge in [0.05, 0.1) is 18.4 Å². The Morgan fingerprint density at radius 3 is 3.38 bits per heavy atom. The number of aryl methyl sites for hydroxylation is 1. The third kappa shape index (κ3) is 2.49. The van der Waals surface area contributed by atoms with Crippen molar-refractivity contribution in [3.8, 4) is 0 Å². The van der Waals surface area contributed by atoms with Gasteiger partial charge < -0.3 is 10.1 Å². The molecule has 1 N–H and O–H groups in total. The number of hydrogen-bond acceptors (Lipinski definition) is 5. The van der Waals surface area contributed by atoms with Gasteiger partial charge in [-0.1, -0.05) is 0 Å². The second kappa shape index (κ2) is 5.27. The van der Waals surface area contributed by atoms with Gasteiger partial charge in [0, 0.05) is 31.5 Å². The van der Waals surface area contributed by atoms with E-state index in [1.807, 2.05) is 23.7 Å². The predicted octanol–water partition coefficient (Wildman–Crippen LogP) is 1.31. The van der Waals surface area contributed by atoms with Crippen LogP contribution in [0.3, 0.4) is 0 Å². The Labute approximate surface area is 124 Å². The first kappa shape index (κ1) is 13.0. The average Bonchev–Trinajstić information content (AvgIpc) is 3.09. The van der Waals surface area contributed by atoms with Gasteiger partial charge in [0.1, 0.15) is 5.52 Å². The van der Waals surface area contributed by atoms with Crippen molar-refractivity contribution in [1.29, 1.82) is 0 Å². The maximum absolute atomic E-state index is 5.98. The Kier molecular flexibility index (Phi) is 3.27.